The number of nitrogens with two attached hydrogens (primary N) is 2. The largest absolute Gasteiger partial charge is 0.370 e. The number of carbonyl (C=O) groups is 1. The Hall–Kier alpha value is -3.40. The maximum atomic E-state index is 12.2. The van der Waals surface area contributed by atoms with Crippen LogP contribution in [-0.2, 0) is 6.42 Å². The number of carbonyl (C=O) groups excluding carboxylic acids is 1. The lowest BCUT2D eigenvalue weighted by Crippen LogP contribution is -2.24. The van der Waals surface area contributed by atoms with Crippen LogP contribution in [0.15, 0.2) is 71.7 Å². The minimum absolute atomic E-state index is 0.231. The van der Waals surface area contributed by atoms with Gasteiger partial charge in [0.1, 0.15) is 0 Å². The molecule has 0 aromatic heterocycles. The Kier molecular flexibility index (Phi) is 3.58. The summed E-state index contributed by atoms with van der Waals surface area (Å²) in [7, 11) is 0. The van der Waals surface area contributed by atoms with Crippen molar-refractivity contribution in [3.8, 4) is 0 Å². The third kappa shape index (κ3) is 2.68. The summed E-state index contributed by atoms with van der Waals surface area (Å²) in [6.45, 7) is 0. The summed E-state index contributed by atoms with van der Waals surface area (Å²) in [6, 6.07) is 20.1. The predicted molar refractivity (Wildman–Crippen MR) is 101 cm³/mol. The molecule has 0 saturated carbocycles. The van der Waals surface area contributed by atoms with Crippen LogP contribution in [0.25, 0.3) is 16.3 Å². The third-order valence-corrected chi connectivity index (χ3v) is 4.48. The zero-order valence-electron chi connectivity index (χ0n) is 13.6. The molecule has 3 aromatic rings. The van der Waals surface area contributed by atoms with Crippen LogP contribution in [-0.4, -0.2) is 11.9 Å². The number of hydrogen-bond acceptors (Lipinski definition) is 1. The average molecular weight is 327 g/mol. The van der Waals surface area contributed by atoms with Crippen molar-refractivity contribution in [1.29, 1.82) is 0 Å². The number of nitrogens with zero attached hydrogens (tertiary/aromatic N) is 1. The van der Waals surface area contributed by atoms with Crippen molar-refractivity contribution < 1.29 is 4.79 Å². The van der Waals surface area contributed by atoms with E-state index in [-0.39, 0.29) is 5.96 Å². The Bertz CT molecular complexity index is 1060. The van der Waals surface area contributed by atoms with E-state index in [9.17, 15) is 4.79 Å². The highest BCUT2D eigenvalue weighted by Crippen LogP contribution is 2.36. The molecule has 0 atom stereocenters. The van der Waals surface area contributed by atoms with Gasteiger partial charge in [-0.25, -0.2) is 0 Å². The molecule has 25 heavy (non-hydrogen) atoms. The van der Waals surface area contributed by atoms with Gasteiger partial charge in [0.2, 0.25) is 0 Å². The number of fused-ring (bicyclic) bond motifs is 2. The molecular weight excluding hydrogens is 310 g/mol. The molecule has 3 aromatic carbocycles. The molecule has 0 radical (unpaired) electrons. The van der Waals surface area contributed by atoms with E-state index in [1.165, 1.54) is 16.7 Å². The molecule has 4 heteroatoms. The van der Waals surface area contributed by atoms with E-state index in [2.05, 4.69) is 41.4 Å². The van der Waals surface area contributed by atoms with E-state index in [1.807, 2.05) is 24.3 Å². The van der Waals surface area contributed by atoms with Gasteiger partial charge in [-0.2, -0.15) is 4.99 Å². The molecule has 4 nitrogen and oxygen atoms in total. The first kappa shape index (κ1) is 15.1. The smallest absolute Gasteiger partial charge is 0.280 e. The summed E-state index contributed by atoms with van der Waals surface area (Å²) < 4.78 is 0. The van der Waals surface area contributed by atoms with Crippen LogP contribution in [0.4, 0.5) is 0 Å². The van der Waals surface area contributed by atoms with Gasteiger partial charge in [0.15, 0.2) is 5.96 Å². The Morgan fingerprint density at radius 3 is 2.56 bits per heavy atom. The molecule has 4 rings (SSSR count). The Morgan fingerprint density at radius 1 is 0.920 bits per heavy atom. The maximum absolute atomic E-state index is 12.2. The van der Waals surface area contributed by atoms with Crippen molar-refractivity contribution >= 4 is 28.2 Å². The van der Waals surface area contributed by atoms with Gasteiger partial charge in [-0.1, -0.05) is 54.6 Å². The molecule has 0 unspecified atom stereocenters. The van der Waals surface area contributed by atoms with Crippen LogP contribution in [0.1, 0.15) is 27.0 Å². The fraction of sp³-hybridized carbons (Fsp3) is 0.0476. The highest BCUT2D eigenvalue weighted by Gasteiger charge is 2.17. The Morgan fingerprint density at radius 2 is 1.72 bits per heavy atom. The van der Waals surface area contributed by atoms with Crippen molar-refractivity contribution in [1.82, 2.24) is 0 Å². The van der Waals surface area contributed by atoms with Crippen molar-refractivity contribution in [3.05, 3.63) is 89.0 Å². The fourth-order valence-corrected chi connectivity index (χ4v) is 3.36. The molecule has 1 aliphatic rings. The Labute approximate surface area is 145 Å². The van der Waals surface area contributed by atoms with Gasteiger partial charge in [0, 0.05) is 5.56 Å². The number of rotatable bonds is 2. The zero-order chi connectivity index (χ0) is 17.4. The first-order chi connectivity index (χ1) is 12.1. The standard InChI is InChI=1S/C21H17N3O/c22-21(23)24-20(25)15-9-8-14-5-3-7-17(19(14)12-15)18-11-10-13-4-1-2-6-16(13)18/h1-9,11-12H,10H2,(H4,22,23,24,25). The van der Waals surface area contributed by atoms with Gasteiger partial charge in [-0.3, -0.25) is 4.79 Å². The lowest BCUT2D eigenvalue weighted by molar-refractivity contribution is 0.100. The van der Waals surface area contributed by atoms with Crippen LogP contribution in [0.2, 0.25) is 0 Å². The Balaban J connectivity index is 1.88. The number of aliphatic imine (C=N–C) groups is 1. The third-order valence-electron chi connectivity index (χ3n) is 4.48. The summed E-state index contributed by atoms with van der Waals surface area (Å²) in [5.74, 6) is -0.664. The van der Waals surface area contributed by atoms with E-state index < -0.39 is 5.91 Å². The molecule has 0 aliphatic heterocycles. The second-order valence-electron chi connectivity index (χ2n) is 6.06. The van der Waals surface area contributed by atoms with Gasteiger partial charge in [-0.05, 0) is 51.6 Å². The molecule has 0 fully saturated rings. The normalized spacial score (nSPS) is 12.6. The molecule has 122 valence electrons. The summed E-state index contributed by atoms with van der Waals surface area (Å²) in [5, 5.41) is 2.09. The van der Waals surface area contributed by atoms with Gasteiger partial charge >= 0.3 is 0 Å². The number of guanidine groups is 1. The van der Waals surface area contributed by atoms with Crippen molar-refractivity contribution in [2.75, 3.05) is 0 Å². The quantitative estimate of drug-likeness (QED) is 0.560. The highest BCUT2D eigenvalue weighted by molar-refractivity contribution is 6.06. The summed E-state index contributed by atoms with van der Waals surface area (Å²) in [4.78, 5) is 15.8. The van der Waals surface area contributed by atoms with Crippen LogP contribution in [0, 0.1) is 0 Å². The molecule has 0 heterocycles. The number of amides is 1. The van der Waals surface area contributed by atoms with Crippen LogP contribution in [0.5, 0.6) is 0 Å². The summed E-state index contributed by atoms with van der Waals surface area (Å²) in [5.41, 5.74) is 16.0. The monoisotopic (exact) mass is 327 g/mol. The van der Waals surface area contributed by atoms with Crippen molar-refractivity contribution in [2.45, 2.75) is 6.42 Å². The SMILES string of the molecule is NC(N)=NC(=O)c1ccc2cccc(C3=CCc4ccccc43)c2c1. The highest BCUT2D eigenvalue weighted by atomic mass is 16.1. The second kappa shape index (κ2) is 5.91. The minimum Gasteiger partial charge on any atom is -0.370 e. The van der Waals surface area contributed by atoms with Crippen molar-refractivity contribution in [2.24, 2.45) is 16.5 Å². The molecule has 1 aliphatic carbocycles. The van der Waals surface area contributed by atoms with E-state index in [0.29, 0.717) is 5.56 Å². The first-order valence-corrected chi connectivity index (χ1v) is 8.09. The molecule has 0 bridgehead atoms. The predicted octanol–water partition coefficient (Wildman–Crippen LogP) is 3.24. The maximum Gasteiger partial charge on any atom is 0.280 e. The topological polar surface area (TPSA) is 81.5 Å². The van der Waals surface area contributed by atoms with Crippen molar-refractivity contribution in [3.63, 3.8) is 0 Å². The summed E-state index contributed by atoms with van der Waals surface area (Å²) in [6.07, 6.45) is 3.17. The average Bonchev–Trinajstić information content (AvgIpc) is 3.04. The van der Waals surface area contributed by atoms with E-state index in [4.69, 9.17) is 11.5 Å². The summed E-state index contributed by atoms with van der Waals surface area (Å²) >= 11 is 0. The van der Waals surface area contributed by atoms with Gasteiger partial charge in [-0.15, -0.1) is 0 Å². The number of hydrogen-bond donors (Lipinski definition) is 2. The second-order valence-corrected chi connectivity index (χ2v) is 6.06. The van der Waals surface area contributed by atoms with Gasteiger partial charge in [0.25, 0.3) is 5.91 Å². The lowest BCUT2D eigenvalue weighted by Gasteiger charge is -2.11. The molecule has 4 N–H and O–H groups in total. The minimum atomic E-state index is -0.433. The van der Waals surface area contributed by atoms with E-state index in [1.54, 1.807) is 6.07 Å². The number of allylic oxidation sites excluding steroid dienone is 1. The first-order valence-electron chi connectivity index (χ1n) is 8.09. The van der Waals surface area contributed by atoms with E-state index >= 15 is 0 Å². The fourth-order valence-electron chi connectivity index (χ4n) is 3.36. The van der Waals surface area contributed by atoms with Gasteiger partial charge in [0.05, 0.1) is 0 Å². The lowest BCUT2D eigenvalue weighted by atomic mass is 9.93. The van der Waals surface area contributed by atoms with Crippen LogP contribution >= 0.6 is 0 Å². The van der Waals surface area contributed by atoms with Gasteiger partial charge < -0.3 is 11.5 Å². The zero-order valence-corrected chi connectivity index (χ0v) is 13.6. The molecule has 0 saturated heterocycles. The number of benzene rings is 3. The van der Waals surface area contributed by atoms with Crippen LogP contribution < -0.4 is 11.5 Å². The molecular formula is C21H17N3O. The van der Waals surface area contributed by atoms with E-state index in [0.717, 1.165) is 22.8 Å². The molecule has 0 spiro atoms. The van der Waals surface area contributed by atoms with Crippen LogP contribution in [0.3, 0.4) is 0 Å². The molecule has 1 amide bonds.